The molecule has 1 saturated carbocycles. The minimum absolute atomic E-state index is 0.0855. The smallest absolute Gasteiger partial charge is 0.270 e. The quantitative estimate of drug-likeness (QED) is 0.361. The maximum Gasteiger partial charge on any atom is 0.270 e. The molecule has 198 valence electrons. The Hall–Kier alpha value is -2.46. The monoisotopic (exact) mass is 504 g/mol. The summed E-state index contributed by atoms with van der Waals surface area (Å²) in [6.45, 7) is 9.64. The maximum absolute atomic E-state index is 14.0. The highest BCUT2D eigenvalue weighted by molar-refractivity contribution is 5.84. The number of anilines is 1. The number of piperidine rings is 1. The van der Waals surface area contributed by atoms with Crippen LogP contribution in [-0.4, -0.2) is 24.0 Å². The van der Waals surface area contributed by atoms with Crippen molar-refractivity contribution in [1.29, 1.82) is 0 Å². The summed E-state index contributed by atoms with van der Waals surface area (Å²) >= 11 is 0. The number of nitrogens with zero attached hydrogens (tertiary/aromatic N) is 1. The summed E-state index contributed by atoms with van der Waals surface area (Å²) in [5.74, 6) is -1.95. The van der Waals surface area contributed by atoms with Crippen LogP contribution in [0.15, 0.2) is 48.7 Å². The fourth-order valence-electron chi connectivity index (χ4n) is 6.29. The lowest BCUT2D eigenvalue weighted by Gasteiger charge is -2.39. The molecule has 2 fully saturated rings. The van der Waals surface area contributed by atoms with Gasteiger partial charge in [-0.15, -0.1) is 0 Å². The van der Waals surface area contributed by atoms with Gasteiger partial charge in [0.25, 0.3) is 5.92 Å². The van der Waals surface area contributed by atoms with E-state index < -0.39 is 5.92 Å². The van der Waals surface area contributed by atoms with E-state index in [1.165, 1.54) is 56.1 Å². The minimum atomic E-state index is -2.82. The number of likely N-dealkylation sites (tertiary alicyclic amines) is 1. The molecule has 2 aliphatic heterocycles. The molecule has 0 amide bonds. The van der Waals surface area contributed by atoms with Crippen LogP contribution in [0.3, 0.4) is 0 Å². The summed E-state index contributed by atoms with van der Waals surface area (Å²) in [6, 6.07) is 12.3. The van der Waals surface area contributed by atoms with Gasteiger partial charge in [0, 0.05) is 23.9 Å². The Bertz CT molecular complexity index is 1150. The molecule has 5 rings (SSSR count). The van der Waals surface area contributed by atoms with Gasteiger partial charge in [0.15, 0.2) is 0 Å². The molecule has 1 saturated heterocycles. The number of rotatable bonds is 8. The van der Waals surface area contributed by atoms with Crippen molar-refractivity contribution >= 4 is 17.3 Å². The van der Waals surface area contributed by atoms with E-state index in [1.807, 2.05) is 13.0 Å². The van der Waals surface area contributed by atoms with Crippen molar-refractivity contribution in [2.45, 2.75) is 90.0 Å². The zero-order valence-electron chi connectivity index (χ0n) is 22.6. The molecule has 37 heavy (non-hydrogen) atoms. The van der Waals surface area contributed by atoms with Crippen LogP contribution in [0, 0.1) is 12.8 Å². The van der Waals surface area contributed by atoms with Crippen LogP contribution in [-0.2, 0) is 12.3 Å². The number of hydrogen-bond acceptors (Lipinski definition) is 2. The SMILES string of the molecule is C=C1Nc2cc(/C=C(\CCCC3CCC3)c3ccc(C(C)(F)F)cc3C)ccc2CC1N1CCCCC1. The van der Waals surface area contributed by atoms with Crippen molar-refractivity contribution in [1.82, 2.24) is 4.90 Å². The van der Waals surface area contributed by atoms with Gasteiger partial charge in [-0.05, 0) is 98.0 Å². The van der Waals surface area contributed by atoms with Crippen molar-refractivity contribution in [2.24, 2.45) is 5.92 Å². The van der Waals surface area contributed by atoms with Crippen molar-refractivity contribution in [2.75, 3.05) is 18.4 Å². The van der Waals surface area contributed by atoms with Crippen molar-refractivity contribution < 1.29 is 8.78 Å². The molecule has 2 aromatic carbocycles. The predicted octanol–water partition coefficient (Wildman–Crippen LogP) is 8.95. The van der Waals surface area contributed by atoms with Gasteiger partial charge in [0.2, 0.25) is 0 Å². The van der Waals surface area contributed by atoms with E-state index in [9.17, 15) is 8.78 Å². The first-order chi connectivity index (χ1) is 17.8. The summed E-state index contributed by atoms with van der Waals surface area (Å²) in [5.41, 5.74) is 8.08. The average molecular weight is 505 g/mol. The largest absolute Gasteiger partial charge is 0.358 e. The molecule has 2 aromatic rings. The van der Waals surface area contributed by atoms with Crippen LogP contribution in [0.4, 0.5) is 14.5 Å². The third-order valence-electron chi connectivity index (χ3n) is 8.78. The van der Waals surface area contributed by atoms with Gasteiger partial charge in [0.05, 0.1) is 6.04 Å². The van der Waals surface area contributed by atoms with Gasteiger partial charge >= 0.3 is 0 Å². The number of aryl methyl sites for hydroxylation is 1. The van der Waals surface area contributed by atoms with E-state index in [-0.39, 0.29) is 5.56 Å². The molecule has 1 atom stereocenters. The number of fused-ring (bicyclic) bond motifs is 1. The standard InChI is InChI=1S/C33H42F2N2/c1-23-19-29(33(3,34)35)15-16-30(23)27(12-8-11-25-9-7-10-25)20-26-13-14-28-22-32(24(2)36-31(28)21-26)37-17-5-4-6-18-37/h13-16,19-21,25,32,36H,2,4-12,17-18,22H2,1,3H3/b27-20+. The first-order valence-electron chi connectivity index (χ1n) is 14.3. The summed E-state index contributed by atoms with van der Waals surface area (Å²) in [4.78, 5) is 2.59. The third kappa shape index (κ3) is 6.17. The Balaban J connectivity index is 1.39. The van der Waals surface area contributed by atoms with Crippen molar-refractivity contribution in [3.05, 3.63) is 76.5 Å². The number of alkyl halides is 2. The Morgan fingerprint density at radius 2 is 1.86 bits per heavy atom. The van der Waals surface area contributed by atoms with Crippen LogP contribution in [0.25, 0.3) is 11.6 Å². The summed E-state index contributed by atoms with van der Waals surface area (Å²) in [6.07, 6.45) is 14.6. The highest BCUT2D eigenvalue weighted by Crippen LogP contribution is 2.37. The van der Waals surface area contributed by atoms with Gasteiger partial charge < -0.3 is 5.32 Å². The van der Waals surface area contributed by atoms with Gasteiger partial charge in [-0.1, -0.05) is 69.0 Å². The Kier molecular flexibility index (Phi) is 7.85. The lowest BCUT2D eigenvalue weighted by Crippen LogP contribution is -2.44. The molecule has 1 unspecified atom stereocenters. The second kappa shape index (κ2) is 11.1. The van der Waals surface area contributed by atoms with E-state index >= 15 is 0 Å². The number of halogens is 2. The van der Waals surface area contributed by atoms with Gasteiger partial charge in [-0.2, -0.15) is 0 Å². The van der Waals surface area contributed by atoms with Crippen LogP contribution in [0.1, 0.15) is 92.5 Å². The lowest BCUT2D eigenvalue weighted by atomic mass is 9.81. The van der Waals surface area contributed by atoms with Crippen LogP contribution in [0.5, 0.6) is 0 Å². The summed E-state index contributed by atoms with van der Waals surface area (Å²) in [7, 11) is 0. The second-order valence-electron chi connectivity index (χ2n) is 11.7. The summed E-state index contributed by atoms with van der Waals surface area (Å²) in [5, 5.41) is 3.62. The first-order valence-corrected chi connectivity index (χ1v) is 14.3. The molecule has 0 spiro atoms. The number of allylic oxidation sites excluding steroid dienone is 1. The summed E-state index contributed by atoms with van der Waals surface area (Å²) < 4.78 is 27.9. The molecule has 2 nitrogen and oxygen atoms in total. The van der Waals surface area contributed by atoms with E-state index in [0.717, 1.165) is 73.3 Å². The highest BCUT2D eigenvalue weighted by Gasteiger charge is 2.28. The Morgan fingerprint density at radius 1 is 1.08 bits per heavy atom. The average Bonchev–Trinajstić information content (AvgIpc) is 2.84. The predicted molar refractivity (Wildman–Crippen MR) is 152 cm³/mol. The highest BCUT2D eigenvalue weighted by atomic mass is 19.3. The van der Waals surface area contributed by atoms with Gasteiger partial charge in [-0.25, -0.2) is 8.78 Å². The molecule has 4 heteroatoms. The normalized spacial score (nSPS) is 21.4. The zero-order chi connectivity index (χ0) is 26.0. The maximum atomic E-state index is 14.0. The molecule has 0 bridgehead atoms. The fourth-order valence-corrected chi connectivity index (χ4v) is 6.29. The molecule has 3 aliphatic rings. The minimum Gasteiger partial charge on any atom is -0.358 e. The van der Waals surface area contributed by atoms with E-state index in [2.05, 4.69) is 41.1 Å². The van der Waals surface area contributed by atoms with E-state index in [4.69, 9.17) is 0 Å². The molecule has 0 aromatic heterocycles. The molecule has 1 aliphatic carbocycles. The molecular weight excluding hydrogens is 462 g/mol. The third-order valence-corrected chi connectivity index (χ3v) is 8.78. The van der Waals surface area contributed by atoms with Crippen molar-refractivity contribution in [3.8, 4) is 0 Å². The Labute approximate surface area is 221 Å². The topological polar surface area (TPSA) is 15.3 Å². The van der Waals surface area contributed by atoms with E-state index in [1.54, 1.807) is 12.1 Å². The number of hydrogen-bond donors (Lipinski definition) is 1. The lowest BCUT2D eigenvalue weighted by molar-refractivity contribution is 0.0174. The molecular formula is C33H42F2N2. The zero-order valence-corrected chi connectivity index (χ0v) is 22.6. The van der Waals surface area contributed by atoms with Crippen LogP contribution in [0.2, 0.25) is 0 Å². The fraction of sp³-hybridized carbons (Fsp3) is 0.515. The van der Waals surface area contributed by atoms with Crippen molar-refractivity contribution in [3.63, 3.8) is 0 Å². The van der Waals surface area contributed by atoms with E-state index in [0.29, 0.717) is 6.04 Å². The first kappa shape index (κ1) is 26.2. The Morgan fingerprint density at radius 3 is 2.54 bits per heavy atom. The second-order valence-corrected chi connectivity index (χ2v) is 11.7. The number of nitrogens with one attached hydrogen (secondary N) is 1. The van der Waals surface area contributed by atoms with Gasteiger partial charge in [-0.3, -0.25) is 4.90 Å². The molecule has 1 N–H and O–H groups in total. The van der Waals surface area contributed by atoms with Crippen LogP contribution >= 0.6 is 0 Å². The number of benzene rings is 2. The van der Waals surface area contributed by atoms with Gasteiger partial charge in [0.1, 0.15) is 0 Å². The molecule has 2 heterocycles. The van der Waals surface area contributed by atoms with Crippen LogP contribution < -0.4 is 5.32 Å². The molecule has 0 radical (unpaired) electrons.